The Bertz CT molecular complexity index is 681. The van der Waals surface area contributed by atoms with Crippen LogP contribution in [0.4, 0.5) is 5.82 Å². The predicted molar refractivity (Wildman–Crippen MR) is 88.4 cm³/mol. The van der Waals surface area contributed by atoms with E-state index in [1.54, 1.807) is 0 Å². The van der Waals surface area contributed by atoms with Crippen LogP contribution in [-0.4, -0.2) is 33.6 Å². The number of nitriles is 2. The van der Waals surface area contributed by atoms with Crippen LogP contribution in [-0.2, 0) is 4.79 Å². The average Bonchev–Trinajstić information content (AvgIpc) is 2.52. The van der Waals surface area contributed by atoms with Crippen molar-refractivity contribution in [3.05, 3.63) is 17.2 Å². The third-order valence-corrected chi connectivity index (χ3v) is 5.05. The summed E-state index contributed by atoms with van der Waals surface area (Å²) in [6.07, 6.45) is 3.18. The van der Waals surface area contributed by atoms with Crippen molar-refractivity contribution in [2.75, 3.05) is 11.5 Å². The van der Waals surface area contributed by atoms with Crippen molar-refractivity contribution >= 4 is 23.5 Å². The van der Waals surface area contributed by atoms with Crippen molar-refractivity contribution in [1.82, 2.24) is 9.88 Å². The smallest absolute Gasteiger partial charge is 0.233 e. The second kappa shape index (κ2) is 7.34. The van der Waals surface area contributed by atoms with Crippen molar-refractivity contribution in [2.24, 2.45) is 0 Å². The zero-order valence-electron chi connectivity index (χ0n) is 13.2. The summed E-state index contributed by atoms with van der Waals surface area (Å²) >= 11 is 1.20. The molecule has 0 aromatic carbocycles. The van der Waals surface area contributed by atoms with Crippen LogP contribution in [0.1, 0.15) is 44.2 Å². The van der Waals surface area contributed by atoms with Crippen LogP contribution < -0.4 is 5.73 Å². The number of carbonyl (C=O) groups excluding carboxylic acids is 1. The molecule has 1 aliphatic heterocycles. The van der Waals surface area contributed by atoms with E-state index >= 15 is 0 Å². The molecule has 2 N–H and O–H groups in total. The van der Waals surface area contributed by atoms with E-state index < -0.39 is 0 Å². The number of pyridine rings is 1. The Labute approximate surface area is 140 Å². The summed E-state index contributed by atoms with van der Waals surface area (Å²) in [7, 11) is 0. The van der Waals surface area contributed by atoms with Gasteiger partial charge in [-0.3, -0.25) is 4.79 Å². The Hall–Kier alpha value is -2.25. The maximum atomic E-state index is 12.5. The van der Waals surface area contributed by atoms with Crippen molar-refractivity contribution < 1.29 is 4.79 Å². The number of nitrogen functional groups attached to an aromatic ring is 1. The highest BCUT2D eigenvalue weighted by Crippen LogP contribution is 2.27. The molecule has 2 heterocycles. The van der Waals surface area contributed by atoms with E-state index in [1.807, 2.05) is 17.0 Å². The molecular formula is C16H19N5OS. The van der Waals surface area contributed by atoms with E-state index in [0.717, 1.165) is 19.3 Å². The summed E-state index contributed by atoms with van der Waals surface area (Å²) in [4.78, 5) is 18.5. The number of piperidine rings is 1. The van der Waals surface area contributed by atoms with Gasteiger partial charge in [0.25, 0.3) is 0 Å². The second-order valence-electron chi connectivity index (χ2n) is 5.72. The Morgan fingerprint density at radius 1 is 1.35 bits per heavy atom. The van der Waals surface area contributed by atoms with Crippen molar-refractivity contribution in [1.29, 1.82) is 10.5 Å². The molecule has 0 radical (unpaired) electrons. The number of nitrogens with two attached hydrogens (primary N) is 1. The predicted octanol–water partition coefficient (Wildman–Crippen LogP) is 2.29. The van der Waals surface area contributed by atoms with E-state index in [2.05, 4.69) is 18.8 Å². The van der Waals surface area contributed by atoms with Gasteiger partial charge in [-0.05, 0) is 39.2 Å². The fourth-order valence-corrected chi connectivity index (χ4v) is 3.74. The lowest BCUT2D eigenvalue weighted by Crippen LogP contribution is -2.48. The summed E-state index contributed by atoms with van der Waals surface area (Å²) in [5.41, 5.74) is 6.15. The minimum Gasteiger partial charge on any atom is -0.383 e. The Balaban J connectivity index is 2.12. The average molecular weight is 329 g/mol. The van der Waals surface area contributed by atoms with Gasteiger partial charge in [0.05, 0.1) is 16.9 Å². The van der Waals surface area contributed by atoms with E-state index in [0.29, 0.717) is 5.03 Å². The normalized spacial score (nSPS) is 20.6. The topological polar surface area (TPSA) is 107 Å². The number of rotatable bonds is 3. The number of aromatic nitrogens is 1. The minimum absolute atomic E-state index is 0.0447. The van der Waals surface area contributed by atoms with E-state index in [4.69, 9.17) is 11.0 Å². The summed E-state index contributed by atoms with van der Waals surface area (Å²) < 4.78 is 0. The van der Waals surface area contributed by atoms with Crippen LogP contribution in [0, 0.1) is 22.7 Å². The molecule has 1 aromatic rings. The molecule has 2 rings (SSSR count). The Kier molecular flexibility index (Phi) is 5.46. The quantitative estimate of drug-likeness (QED) is 0.853. The van der Waals surface area contributed by atoms with Gasteiger partial charge in [0, 0.05) is 12.1 Å². The molecule has 6 nitrogen and oxygen atoms in total. The highest BCUT2D eigenvalue weighted by Gasteiger charge is 2.28. The molecule has 0 unspecified atom stereocenters. The lowest BCUT2D eigenvalue weighted by molar-refractivity contribution is -0.134. The first-order valence-electron chi connectivity index (χ1n) is 7.52. The summed E-state index contributed by atoms with van der Waals surface area (Å²) in [6, 6.07) is 5.80. The van der Waals surface area contributed by atoms with Crippen LogP contribution in [0.3, 0.4) is 0 Å². The van der Waals surface area contributed by atoms with E-state index in [-0.39, 0.29) is 40.7 Å². The summed E-state index contributed by atoms with van der Waals surface area (Å²) in [5, 5.41) is 18.5. The molecule has 1 saturated heterocycles. The van der Waals surface area contributed by atoms with Gasteiger partial charge >= 0.3 is 0 Å². The molecule has 120 valence electrons. The lowest BCUT2D eigenvalue weighted by atomic mass is 9.98. The Morgan fingerprint density at radius 3 is 2.52 bits per heavy atom. The van der Waals surface area contributed by atoms with Crippen LogP contribution in [0.2, 0.25) is 0 Å². The zero-order valence-corrected chi connectivity index (χ0v) is 14.1. The molecule has 0 spiro atoms. The van der Waals surface area contributed by atoms with Gasteiger partial charge in [0.1, 0.15) is 23.0 Å². The van der Waals surface area contributed by atoms with Gasteiger partial charge < -0.3 is 10.6 Å². The largest absolute Gasteiger partial charge is 0.383 e. The van der Waals surface area contributed by atoms with Crippen LogP contribution in [0.25, 0.3) is 0 Å². The maximum absolute atomic E-state index is 12.5. The third kappa shape index (κ3) is 3.75. The van der Waals surface area contributed by atoms with Crippen LogP contribution in [0.15, 0.2) is 11.1 Å². The summed E-state index contributed by atoms with van der Waals surface area (Å²) in [5.74, 6) is 0.339. The molecule has 0 saturated carbocycles. The van der Waals surface area contributed by atoms with Gasteiger partial charge in [-0.25, -0.2) is 4.98 Å². The fraction of sp³-hybridized carbons (Fsp3) is 0.500. The molecule has 7 heteroatoms. The molecule has 0 bridgehead atoms. The van der Waals surface area contributed by atoms with E-state index in [9.17, 15) is 10.1 Å². The zero-order chi connectivity index (χ0) is 17.0. The number of hydrogen-bond donors (Lipinski definition) is 1. The molecule has 1 fully saturated rings. The van der Waals surface area contributed by atoms with E-state index in [1.165, 1.54) is 17.8 Å². The molecule has 23 heavy (non-hydrogen) atoms. The number of amides is 1. The number of thioether (sulfide) groups is 1. The van der Waals surface area contributed by atoms with Crippen molar-refractivity contribution in [2.45, 2.75) is 50.2 Å². The van der Waals surface area contributed by atoms with Gasteiger partial charge in [-0.2, -0.15) is 10.5 Å². The third-order valence-electron chi connectivity index (χ3n) is 4.07. The van der Waals surface area contributed by atoms with Crippen LogP contribution >= 0.6 is 11.8 Å². The molecule has 1 amide bonds. The number of hydrogen-bond acceptors (Lipinski definition) is 6. The monoisotopic (exact) mass is 329 g/mol. The van der Waals surface area contributed by atoms with Gasteiger partial charge in [-0.1, -0.05) is 11.8 Å². The summed E-state index contributed by atoms with van der Waals surface area (Å²) in [6.45, 7) is 4.13. The molecule has 2 atom stereocenters. The number of carbonyl (C=O) groups is 1. The van der Waals surface area contributed by atoms with Gasteiger partial charge in [-0.15, -0.1) is 0 Å². The first-order chi connectivity index (χ1) is 11.0. The number of nitrogens with zero attached hydrogens (tertiary/aromatic N) is 4. The molecule has 1 aromatic heterocycles. The minimum atomic E-state index is 0.0447. The molecule has 1 aliphatic rings. The van der Waals surface area contributed by atoms with Crippen molar-refractivity contribution in [3.63, 3.8) is 0 Å². The standard InChI is InChI=1S/C16H19N5OS/c1-10-4-3-5-11(2)21(10)14(22)9-23-16-13(8-18)6-12(7-17)15(19)20-16/h6,10-11H,3-5,9H2,1-2H3,(H2,19,20)/t10-,11+. The highest BCUT2D eigenvalue weighted by atomic mass is 32.2. The van der Waals surface area contributed by atoms with Crippen LogP contribution in [0.5, 0.6) is 0 Å². The van der Waals surface area contributed by atoms with Crippen molar-refractivity contribution in [3.8, 4) is 12.1 Å². The maximum Gasteiger partial charge on any atom is 0.233 e. The fourth-order valence-electron chi connectivity index (χ4n) is 2.91. The highest BCUT2D eigenvalue weighted by molar-refractivity contribution is 8.00. The second-order valence-corrected chi connectivity index (χ2v) is 6.68. The number of anilines is 1. The van der Waals surface area contributed by atoms with Gasteiger partial charge in [0.15, 0.2) is 0 Å². The molecule has 0 aliphatic carbocycles. The first kappa shape index (κ1) is 17.1. The molecular weight excluding hydrogens is 310 g/mol. The first-order valence-corrected chi connectivity index (χ1v) is 8.51. The van der Waals surface area contributed by atoms with Gasteiger partial charge in [0.2, 0.25) is 5.91 Å². The SMILES string of the molecule is C[C@@H]1CCC[C@H](C)N1C(=O)CSc1nc(N)c(C#N)cc1C#N. The Morgan fingerprint density at radius 2 is 1.96 bits per heavy atom. The number of likely N-dealkylation sites (tertiary alicyclic amines) is 1. The lowest BCUT2D eigenvalue weighted by Gasteiger charge is -2.39.